The van der Waals surface area contributed by atoms with Crippen LogP contribution in [0.1, 0.15) is 64.7 Å². The van der Waals surface area contributed by atoms with Gasteiger partial charge in [0.25, 0.3) is 10.1 Å². The number of carboxylic acid groups (broad SMARTS) is 2. The molecule has 0 aromatic rings. The Hall–Kier alpha value is 0.446. The molecule has 3 N–H and O–H groups in total. The summed E-state index contributed by atoms with van der Waals surface area (Å²) in [6.45, 7) is 4.28. The molecule has 0 rings (SSSR count). The Balaban J connectivity index is 0. The minimum atomic E-state index is -4.84. The molecule has 26 heavy (non-hydrogen) atoms. The second-order valence-corrected chi connectivity index (χ2v) is 9.19. The van der Waals surface area contributed by atoms with Gasteiger partial charge in [0.15, 0.2) is 5.25 Å². The monoisotopic (exact) mass is 422 g/mol. The topological polar surface area (TPSA) is 138 Å². The van der Waals surface area contributed by atoms with Crippen LogP contribution in [0.25, 0.3) is 0 Å². The Bertz CT molecular complexity index is 455. The van der Waals surface area contributed by atoms with Gasteiger partial charge in [0.05, 0.1) is 6.42 Å². The Labute approximate surface area is 190 Å². The van der Waals surface area contributed by atoms with Crippen LogP contribution in [0.15, 0.2) is 0 Å². The molecule has 0 aromatic carbocycles. The molecule has 0 spiro atoms. The zero-order valence-corrected chi connectivity index (χ0v) is 19.8. The van der Waals surface area contributed by atoms with Gasteiger partial charge in [0, 0.05) is 0 Å². The number of hydrogen-bond donors (Lipinski definition) is 3. The average Bonchev–Trinajstić information content (AvgIpc) is 2.53. The van der Waals surface area contributed by atoms with Crippen LogP contribution >= 0.6 is 0 Å². The fourth-order valence-electron chi connectivity index (χ4n) is 1.99. The quantitative estimate of drug-likeness (QED) is 0.208. The third-order valence-electron chi connectivity index (χ3n) is 3.53. The summed E-state index contributed by atoms with van der Waals surface area (Å²) < 4.78 is 35.6. The largest absolute Gasteiger partial charge is 0.481 e. The number of hydrogen-bond acceptors (Lipinski definition) is 5. The van der Waals surface area contributed by atoms with E-state index < -0.39 is 33.7 Å². The number of rotatable bonds is 15. The van der Waals surface area contributed by atoms with Crippen LogP contribution in [0.5, 0.6) is 0 Å². The molecule has 10 heteroatoms. The van der Waals surface area contributed by atoms with E-state index in [4.69, 9.17) is 19.5 Å². The molecule has 1 atom stereocenters. The Morgan fingerprint density at radius 3 is 1.85 bits per heavy atom. The van der Waals surface area contributed by atoms with E-state index in [-0.39, 0.29) is 0 Å². The van der Waals surface area contributed by atoms with E-state index >= 15 is 0 Å². The maximum Gasteiger partial charge on any atom is 0.325 e. The maximum absolute atomic E-state index is 10.2. The first-order valence-corrected chi connectivity index (χ1v) is 12.9. The van der Waals surface area contributed by atoms with Crippen LogP contribution in [0.2, 0.25) is 0.515 Å². The summed E-state index contributed by atoms with van der Waals surface area (Å²) in [7, 11) is -4.84. The Morgan fingerprint density at radius 2 is 1.46 bits per heavy atom. The fourth-order valence-corrected chi connectivity index (χ4v) is 3.05. The van der Waals surface area contributed by atoms with Gasteiger partial charge in [-0.1, -0.05) is 6.92 Å². The van der Waals surface area contributed by atoms with Crippen LogP contribution in [0.3, 0.4) is 0 Å². The van der Waals surface area contributed by atoms with Gasteiger partial charge in [0.1, 0.15) is 0 Å². The Kier molecular flexibility index (Phi) is 20.7. The molecule has 0 saturated heterocycles. The molecule has 1 unspecified atom stereocenters. The predicted molar refractivity (Wildman–Crippen MR) is 99.2 cm³/mol. The molecule has 0 aliphatic carbocycles. The summed E-state index contributed by atoms with van der Waals surface area (Å²) >= 11 is 1.02. The summed E-state index contributed by atoms with van der Waals surface area (Å²) in [4.78, 5) is 20.0. The zero-order chi connectivity index (χ0) is 20.4. The van der Waals surface area contributed by atoms with Crippen molar-refractivity contribution in [2.24, 2.45) is 0 Å². The molecule has 0 saturated carbocycles. The molecule has 0 amide bonds. The SMILES string of the molecule is CCCCCCCCCOCC[CH2][K].O=C(O)CC(C(=O)O)S(=O)(=O)O. The molecule has 0 heterocycles. The van der Waals surface area contributed by atoms with Crippen LogP contribution < -0.4 is 0 Å². The van der Waals surface area contributed by atoms with Crippen LogP contribution in [0, 0.1) is 0 Å². The van der Waals surface area contributed by atoms with E-state index in [0.717, 1.165) is 62.2 Å². The zero-order valence-electron chi connectivity index (χ0n) is 15.9. The van der Waals surface area contributed by atoms with Gasteiger partial charge >= 0.3 is 131 Å². The molecule has 8 nitrogen and oxygen atoms in total. The normalized spacial score (nSPS) is 12.2. The number of ether oxygens (including phenoxy) is 1. The van der Waals surface area contributed by atoms with Crippen molar-refractivity contribution in [2.75, 3.05) is 13.2 Å². The molecule has 0 aliphatic heterocycles. The van der Waals surface area contributed by atoms with Crippen molar-refractivity contribution in [1.82, 2.24) is 0 Å². The number of carboxylic acids is 2. The van der Waals surface area contributed by atoms with E-state index in [2.05, 4.69) is 6.92 Å². The third-order valence-corrected chi connectivity index (χ3v) is 5.72. The van der Waals surface area contributed by atoms with Gasteiger partial charge in [-0.15, -0.1) is 0 Å². The van der Waals surface area contributed by atoms with Crippen molar-refractivity contribution < 1.29 is 37.5 Å². The molecule has 150 valence electrons. The second-order valence-electron chi connectivity index (χ2n) is 6.03. The van der Waals surface area contributed by atoms with Crippen LogP contribution in [0.4, 0.5) is 0 Å². The van der Waals surface area contributed by atoms with Gasteiger partial charge in [-0.2, -0.15) is 8.42 Å². The predicted octanol–water partition coefficient (Wildman–Crippen LogP) is 2.53. The molecule has 0 fully saturated rings. The van der Waals surface area contributed by atoms with Crippen molar-refractivity contribution >= 4 is 71.0 Å². The first-order chi connectivity index (χ1) is 12.2. The summed E-state index contributed by atoms with van der Waals surface area (Å²) in [5.74, 6) is -3.50. The van der Waals surface area contributed by atoms with Gasteiger partial charge in [-0.3, -0.25) is 14.1 Å². The second kappa shape index (κ2) is 18.8. The number of unbranched alkanes of at least 4 members (excludes halogenated alkanes) is 6. The van der Waals surface area contributed by atoms with Crippen LogP contribution in [-0.2, 0) is 24.4 Å². The van der Waals surface area contributed by atoms with Gasteiger partial charge < -0.3 is 10.2 Å². The minimum absolute atomic E-state index is 1.00. The van der Waals surface area contributed by atoms with Crippen molar-refractivity contribution in [3.63, 3.8) is 0 Å². The molecular formula is C16H31KO8S. The summed E-state index contributed by atoms with van der Waals surface area (Å²) in [6.07, 6.45) is 9.82. The first kappa shape index (κ1) is 28.7. The fraction of sp³-hybridized carbons (Fsp3) is 0.875. The van der Waals surface area contributed by atoms with Gasteiger partial charge in [0.2, 0.25) is 0 Å². The van der Waals surface area contributed by atoms with E-state index in [1.54, 1.807) is 0 Å². The number of aliphatic carboxylic acids is 2. The minimum Gasteiger partial charge on any atom is -0.481 e. The molecule has 0 radical (unpaired) electrons. The van der Waals surface area contributed by atoms with Crippen LogP contribution in [-0.4, -0.2) is 103 Å². The van der Waals surface area contributed by atoms with E-state index in [0.29, 0.717) is 0 Å². The maximum atomic E-state index is 10.2. The first-order valence-electron chi connectivity index (χ1n) is 9.15. The molecular weight excluding hydrogens is 391 g/mol. The van der Waals surface area contributed by atoms with Gasteiger partial charge in [-0.05, 0) is 0 Å². The molecule has 0 aliphatic rings. The summed E-state index contributed by atoms with van der Waals surface area (Å²) in [5, 5.41) is 13.9. The van der Waals surface area contributed by atoms with E-state index in [1.807, 2.05) is 0 Å². The smallest absolute Gasteiger partial charge is 0.325 e. The summed E-state index contributed by atoms with van der Waals surface area (Å²) in [6, 6.07) is 0. The van der Waals surface area contributed by atoms with Crippen molar-refractivity contribution in [2.45, 2.75) is 70.5 Å². The Morgan fingerprint density at radius 1 is 0.962 bits per heavy atom. The molecule has 0 aromatic heterocycles. The van der Waals surface area contributed by atoms with Crippen molar-refractivity contribution in [1.29, 1.82) is 0 Å². The average molecular weight is 423 g/mol. The molecule has 0 bridgehead atoms. The van der Waals surface area contributed by atoms with E-state index in [1.165, 1.54) is 51.9 Å². The standard InChI is InChI=1S/C12H25O.C4H6O7S.K/c1-3-5-6-7-8-9-10-12-13-11-4-2;5-3(6)1-2(4(7)8)12(9,10)11;/h2-12H2,1H3;2H,1H2,(H,5,6)(H,7,8)(H,9,10,11);. The van der Waals surface area contributed by atoms with E-state index in [9.17, 15) is 18.0 Å². The van der Waals surface area contributed by atoms with Crippen molar-refractivity contribution in [3.05, 3.63) is 0 Å². The summed E-state index contributed by atoms with van der Waals surface area (Å²) in [5.41, 5.74) is 0. The number of carbonyl (C=O) groups is 2. The van der Waals surface area contributed by atoms with Crippen molar-refractivity contribution in [3.8, 4) is 0 Å². The third kappa shape index (κ3) is 20.8. The van der Waals surface area contributed by atoms with Gasteiger partial charge in [-0.25, -0.2) is 0 Å².